The van der Waals surface area contributed by atoms with Crippen LogP contribution < -0.4 is 15.2 Å². The second-order valence-electron chi connectivity index (χ2n) is 4.60. The number of hydrogen-bond acceptors (Lipinski definition) is 5. The van der Waals surface area contributed by atoms with Crippen LogP contribution in [-0.2, 0) is 4.74 Å². The van der Waals surface area contributed by atoms with Gasteiger partial charge in [0.1, 0.15) is 11.5 Å². The molecule has 1 fully saturated rings. The monoisotopic (exact) mass is 253 g/mol. The molecule has 0 aliphatic carbocycles. The Hall–Kier alpha value is -1.30. The topological polar surface area (TPSA) is 73.9 Å². The number of nitrogens with two attached hydrogens (primary N) is 1. The molecule has 1 aliphatic rings. The van der Waals surface area contributed by atoms with Crippen molar-refractivity contribution in [3.63, 3.8) is 0 Å². The first-order chi connectivity index (χ1) is 8.66. The van der Waals surface area contributed by atoms with Crippen LogP contribution in [0, 0.1) is 5.41 Å². The first kappa shape index (κ1) is 13.1. The van der Waals surface area contributed by atoms with Gasteiger partial charge in [0.15, 0.2) is 0 Å². The van der Waals surface area contributed by atoms with Crippen LogP contribution in [0.25, 0.3) is 0 Å². The van der Waals surface area contributed by atoms with Crippen LogP contribution in [-0.4, -0.2) is 39.1 Å². The molecule has 100 valence electrons. The Morgan fingerprint density at radius 3 is 2.56 bits per heavy atom. The van der Waals surface area contributed by atoms with Gasteiger partial charge in [-0.3, -0.25) is 0 Å². The van der Waals surface area contributed by atoms with E-state index in [9.17, 15) is 5.11 Å². The van der Waals surface area contributed by atoms with Crippen molar-refractivity contribution in [3.8, 4) is 11.5 Å². The van der Waals surface area contributed by atoms with E-state index in [1.165, 1.54) is 0 Å². The first-order valence-electron chi connectivity index (χ1n) is 5.83. The molecule has 5 heteroatoms. The molecule has 1 unspecified atom stereocenters. The second-order valence-corrected chi connectivity index (χ2v) is 4.60. The van der Waals surface area contributed by atoms with Crippen molar-refractivity contribution >= 4 is 0 Å². The average Bonchev–Trinajstić information content (AvgIpc) is 2.37. The Balaban J connectivity index is 2.32. The number of ether oxygens (including phenoxy) is 3. The molecule has 1 aromatic rings. The Labute approximate surface area is 106 Å². The largest absolute Gasteiger partial charge is 0.497 e. The van der Waals surface area contributed by atoms with Crippen molar-refractivity contribution < 1.29 is 19.3 Å². The van der Waals surface area contributed by atoms with Gasteiger partial charge in [-0.05, 0) is 6.07 Å². The summed E-state index contributed by atoms with van der Waals surface area (Å²) in [5, 5.41) is 9.51. The van der Waals surface area contributed by atoms with Crippen LogP contribution in [0.4, 0.5) is 0 Å². The first-order valence-corrected chi connectivity index (χ1v) is 5.83. The Morgan fingerprint density at radius 2 is 2.11 bits per heavy atom. The van der Waals surface area contributed by atoms with Gasteiger partial charge >= 0.3 is 0 Å². The maximum absolute atomic E-state index is 9.51. The Bertz CT molecular complexity index is 412. The molecule has 5 nitrogen and oxygen atoms in total. The van der Waals surface area contributed by atoms with E-state index in [1.807, 2.05) is 12.1 Å². The zero-order valence-electron chi connectivity index (χ0n) is 10.7. The lowest BCUT2D eigenvalue weighted by molar-refractivity contribution is -0.150. The predicted octanol–water partition coefficient (Wildman–Crippen LogP) is 0.712. The van der Waals surface area contributed by atoms with E-state index in [1.54, 1.807) is 20.3 Å². The van der Waals surface area contributed by atoms with E-state index in [-0.39, 0.29) is 12.6 Å². The smallest absolute Gasteiger partial charge is 0.127 e. The van der Waals surface area contributed by atoms with Crippen molar-refractivity contribution in [2.75, 3.05) is 34.0 Å². The van der Waals surface area contributed by atoms with E-state index in [0.29, 0.717) is 24.7 Å². The summed E-state index contributed by atoms with van der Waals surface area (Å²) in [4.78, 5) is 0. The van der Waals surface area contributed by atoms with E-state index in [2.05, 4.69) is 0 Å². The van der Waals surface area contributed by atoms with Gasteiger partial charge in [-0.1, -0.05) is 6.07 Å². The fraction of sp³-hybridized carbons (Fsp3) is 0.538. The second kappa shape index (κ2) is 5.14. The predicted molar refractivity (Wildman–Crippen MR) is 66.8 cm³/mol. The summed E-state index contributed by atoms with van der Waals surface area (Å²) in [6.07, 6.45) is 0. The van der Waals surface area contributed by atoms with Crippen LogP contribution in [0.3, 0.4) is 0 Å². The normalized spacial score (nSPS) is 18.9. The van der Waals surface area contributed by atoms with Gasteiger partial charge in [-0.25, -0.2) is 0 Å². The van der Waals surface area contributed by atoms with Crippen molar-refractivity contribution in [2.24, 2.45) is 11.1 Å². The fourth-order valence-corrected chi connectivity index (χ4v) is 2.14. The highest BCUT2D eigenvalue weighted by Crippen LogP contribution is 2.42. The molecule has 1 saturated heterocycles. The molecule has 0 bridgehead atoms. The summed E-state index contributed by atoms with van der Waals surface area (Å²) >= 11 is 0. The van der Waals surface area contributed by atoms with Gasteiger partial charge < -0.3 is 25.1 Å². The maximum atomic E-state index is 9.51. The number of hydrogen-bond donors (Lipinski definition) is 2. The molecule has 1 heterocycles. The fourth-order valence-electron chi connectivity index (χ4n) is 2.14. The quantitative estimate of drug-likeness (QED) is 0.808. The molecule has 0 amide bonds. The van der Waals surface area contributed by atoms with Crippen LogP contribution >= 0.6 is 0 Å². The highest BCUT2D eigenvalue weighted by atomic mass is 16.5. The third-order valence-corrected chi connectivity index (χ3v) is 3.53. The lowest BCUT2D eigenvalue weighted by Crippen LogP contribution is -2.52. The number of aliphatic hydroxyl groups is 1. The molecule has 1 aliphatic heterocycles. The van der Waals surface area contributed by atoms with Gasteiger partial charge in [0.05, 0.1) is 39.5 Å². The maximum Gasteiger partial charge on any atom is 0.127 e. The average molecular weight is 253 g/mol. The lowest BCUT2D eigenvalue weighted by atomic mass is 9.76. The van der Waals surface area contributed by atoms with Crippen LogP contribution in [0.15, 0.2) is 18.2 Å². The molecule has 18 heavy (non-hydrogen) atoms. The van der Waals surface area contributed by atoms with Crippen LogP contribution in [0.1, 0.15) is 11.6 Å². The molecule has 2 rings (SSSR count). The van der Waals surface area contributed by atoms with E-state index in [4.69, 9.17) is 19.9 Å². The number of methoxy groups -OCH3 is 2. The number of benzene rings is 1. The summed E-state index contributed by atoms with van der Waals surface area (Å²) in [6, 6.07) is 5.18. The van der Waals surface area contributed by atoms with Crippen molar-refractivity contribution in [2.45, 2.75) is 6.04 Å². The minimum absolute atomic E-state index is 0.00332. The van der Waals surface area contributed by atoms with Gasteiger partial charge in [-0.2, -0.15) is 0 Å². The summed E-state index contributed by atoms with van der Waals surface area (Å²) in [5.41, 5.74) is 6.71. The van der Waals surface area contributed by atoms with Gasteiger partial charge in [0.25, 0.3) is 0 Å². The number of rotatable bonds is 5. The molecule has 1 aromatic carbocycles. The zero-order chi connectivity index (χ0) is 13.2. The van der Waals surface area contributed by atoms with Gasteiger partial charge in [0, 0.05) is 17.7 Å². The number of aliphatic hydroxyl groups excluding tert-OH is 1. The lowest BCUT2D eigenvalue weighted by Gasteiger charge is -2.44. The Kier molecular flexibility index (Phi) is 3.75. The summed E-state index contributed by atoms with van der Waals surface area (Å²) in [6.45, 7) is 0.947. The molecule has 0 aromatic heterocycles. The summed E-state index contributed by atoms with van der Waals surface area (Å²) in [5.74, 6) is 1.38. The molecule has 0 radical (unpaired) electrons. The molecule has 1 atom stereocenters. The Morgan fingerprint density at radius 1 is 1.39 bits per heavy atom. The van der Waals surface area contributed by atoms with E-state index in [0.717, 1.165) is 5.56 Å². The van der Waals surface area contributed by atoms with Crippen LogP contribution in [0.5, 0.6) is 11.5 Å². The minimum atomic E-state index is -0.401. The van der Waals surface area contributed by atoms with E-state index >= 15 is 0 Å². The van der Waals surface area contributed by atoms with Crippen LogP contribution in [0.2, 0.25) is 0 Å². The molecule has 3 N–H and O–H groups in total. The standard InChI is InChI=1S/C13H19NO4/c1-16-9-3-4-10(11(5-9)17-2)12(14)13(6-15)7-18-8-13/h3-5,12,15H,6-8,14H2,1-2H3. The minimum Gasteiger partial charge on any atom is -0.497 e. The molecule has 0 spiro atoms. The third kappa shape index (κ3) is 2.05. The molecule has 0 saturated carbocycles. The highest BCUT2D eigenvalue weighted by molar-refractivity contribution is 5.43. The highest BCUT2D eigenvalue weighted by Gasteiger charge is 2.45. The van der Waals surface area contributed by atoms with Crippen molar-refractivity contribution in [1.82, 2.24) is 0 Å². The van der Waals surface area contributed by atoms with Gasteiger partial charge in [0.2, 0.25) is 0 Å². The van der Waals surface area contributed by atoms with E-state index < -0.39 is 5.41 Å². The van der Waals surface area contributed by atoms with Gasteiger partial charge in [-0.15, -0.1) is 0 Å². The molecular weight excluding hydrogens is 234 g/mol. The third-order valence-electron chi connectivity index (χ3n) is 3.53. The van der Waals surface area contributed by atoms with Crippen molar-refractivity contribution in [1.29, 1.82) is 0 Å². The summed E-state index contributed by atoms with van der Waals surface area (Å²) < 4.78 is 15.7. The van der Waals surface area contributed by atoms with Crippen molar-refractivity contribution in [3.05, 3.63) is 23.8 Å². The molecular formula is C13H19NO4. The summed E-state index contributed by atoms with van der Waals surface area (Å²) in [7, 11) is 3.19. The SMILES string of the molecule is COc1ccc(C(N)C2(CO)COC2)c(OC)c1. The zero-order valence-corrected chi connectivity index (χ0v) is 10.7.